The van der Waals surface area contributed by atoms with Crippen LogP contribution >= 0.6 is 0 Å². The van der Waals surface area contributed by atoms with Crippen molar-refractivity contribution in [2.24, 2.45) is 0 Å². The van der Waals surface area contributed by atoms with Gasteiger partial charge in [-0.3, -0.25) is 0 Å². The summed E-state index contributed by atoms with van der Waals surface area (Å²) in [4.78, 5) is 0. The summed E-state index contributed by atoms with van der Waals surface area (Å²) in [5.74, 6) is 0. The highest BCUT2D eigenvalue weighted by atomic mass is 16.5. The van der Waals surface area contributed by atoms with Crippen LogP contribution in [0, 0.1) is 0 Å². The Labute approximate surface area is 89.0 Å². The number of ether oxygens (including phenoxy) is 2. The number of rotatable bonds is 6. The summed E-state index contributed by atoms with van der Waals surface area (Å²) < 4.78 is 11.3. The van der Waals surface area contributed by atoms with E-state index in [1.165, 1.54) is 0 Å². The highest BCUT2D eigenvalue weighted by Crippen LogP contribution is 2.24. The zero-order valence-electron chi connectivity index (χ0n) is 10.6. The first-order valence-electron chi connectivity index (χ1n) is 5.58. The normalized spacial score (nSPS) is 13.3. The van der Waals surface area contributed by atoms with Crippen molar-refractivity contribution >= 4 is 0 Å². The van der Waals surface area contributed by atoms with Gasteiger partial charge in [-0.25, -0.2) is 0 Å². The minimum absolute atomic E-state index is 0.0191. The van der Waals surface area contributed by atoms with E-state index in [0.717, 1.165) is 25.9 Å². The Hall–Kier alpha value is -0.0800. The lowest BCUT2D eigenvalue weighted by Gasteiger charge is -2.31. The second kappa shape index (κ2) is 5.72. The number of hydrogen-bond acceptors (Lipinski definition) is 2. The quantitative estimate of drug-likeness (QED) is 0.657. The fourth-order valence-electron chi connectivity index (χ4n) is 1.54. The molecule has 0 amide bonds. The van der Waals surface area contributed by atoms with Crippen molar-refractivity contribution in [1.82, 2.24) is 0 Å². The Morgan fingerprint density at radius 2 is 1.50 bits per heavy atom. The summed E-state index contributed by atoms with van der Waals surface area (Å²) in [6.45, 7) is 11.4. The van der Waals surface area contributed by atoms with Crippen LogP contribution in [0.3, 0.4) is 0 Å². The lowest BCUT2D eigenvalue weighted by atomic mass is 9.93. The SMILES string of the molecule is CCC(CC)(CCOC(C)(C)C)OC. The van der Waals surface area contributed by atoms with Crippen molar-refractivity contribution in [2.45, 2.75) is 65.1 Å². The van der Waals surface area contributed by atoms with Crippen molar-refractivity contribution < 1.29 is 9.47 Å². The molecule has 14 heavy (non-hydrogen) atoms. The summed E-state index contributed by atoms with van der Waals surface area (Å²) >= 11 is 0. The first-order chi connectivity index (χ1) is 6.39. The van der Waals surface area contributed by atoms with Crippen LogP contribution in [0.2, 0.25) is 0 Å². The van der Waals surface area contributed by atoms with Gasteiger partial charge in [0, 0.05) is 7.11 Å². The van der Waals surface area contributed by atoms with Crippen molar-refractivity contribution in [2.75, 3.05) is 13.7 Å². The summed E-state index contributed by atoms with van der Waals surface area (Å²) in [6.07, 6.45) is 3.08. The van der Waals surface area contributed by atoms with E-state index in [0.29, 0.717) is 0 Å². The van der Waals surface area contributed by atoms with Gasteiger partial charge in [0.2, 0.25) is 0 Å². The van der Waals surface area contributed by atoms with Crippen LogP contribution < -0.4 is 0 Å². The van der Waals surface area contributed by atoms with Crippen LogP contribution in [0.4, 0.5) is 0 Å². The topological polar surface area (TPSA) is 18.5 Å². The van der Waals surface area contributed by atoms with Crippen LogP contribution in [0.1, 0.15) is 53.9 Å². The molecule has 0 aliphatic heterocycles. The Kier molecular flexibility index (Phi) is 5.68. The summed E-state index contributed by atoms with van der Waals surface area (Å²) in [7, 11) is 1.80. The highest BCUT2D eigenvalue weighted by Gasteiger charge is 2.25. The molecule has 0 unspecified atom stereocenters. The van der Waals surface area contributed by atoms with E-state index in [1.807, 2.05) is 0 Å². The minimum atomic E-state index is -0.0407. The molecule has 0 rings (SSSR count). The predicted octanol–water partition coefficient (Wildman–Crippen LogP) is 3.40. The lowest BCUT2D eigenvalue weighted by molar-refractivity contribution is -0.0696. The number of methoxy groups -OCH3 is 1. The van der Waals surface area contributed by atoms with Gasteiger partial charge in [0.05, 0.1) is 17.8 Å². The molecule has 0 fully saturated rings. The van der Waals surface area contributed by atoms with Crippen LogP contribution in [0.25, 0.3) is 0 Å². The van der Waals surface area contributed by atoms with Gasteiger partial charge in [-0.05, 0) is 40.0 Å². The Bertz CT molecular complexity index is 135. The third kappa shape index (κ3) is 4.97. The Balaban J connectivity index is 3.95. The van der Waals surface area contributed by atoms with E-state index < -0.39 is 0 Å². The minimum Gasteiger partial charge on any atom is -0.378 e. The Morgan fingerprint density at radius 1 is 1.00 bits per heavy atom. The summed E-state index contributed by atoms with van der Waals surface area (Å²) in [6, 6.07) is 0. The third-order valence-corrected chi connectivity index (χ3v) is 2.81. The number of hydrogen-bond donors (Lipinski definition) is 0. The first-order valence-corrected chi connectivity index (χ1v) is 5.58. The zero-order valence-corrected chi connectivity index (χ0v) is 10.6. The largest absolute Gasteiger partial charge is 0.378 e. The maximum atomic E-state index is 5.71. The second-order valence-electron chi connectivity index (χ2n) is 4.81. The van der Waals surface area contributed by atoms with E-state index in [-0.39, 0.29) is 11.2 Å². The fraction of sp³-hybridized carbons (Fsp3) is 1.00. The van der Waals surface area contributed by atoms with E-state index in [1.54, 1.807) is 7.11 Å². The summed E-state index contributed by atoms with van der Waals surface area (Å²) in [5, 5.41) is 0. The first kappa shape index (κ1) is 13.9. The fourth-order valence-corrected chi connectivity index (χ4v) is 1.54. The van der Waals surface area contributed by atoms with E-state index >= 15 is 0 Å². The second-order valence-corrected chi connectivity index (χ2v) is 4.81. The smallest absolute Gasteiger partial charge is 0.0695 e. The molecule has 0 saturated carbocycles. The zero-order chi connectivity index (χ0) is 11.2. The molecule has 0 aromatic heterocycles. The molecule has 0 aromatic rings. The molecular formula is C12H26O2. The van der Waals surface area contributed by atoms with Crippen LogP contribution in [0.15, 0.2) is 0 Å². The van der Waals surface area contributed by atoms with Gasteiger partial charge in [-0.15, -0.1) is 0 Å². The average molecular weight is 202 g/mol. The predicted molar refractivity (Wildman–Crippen MR) is 60.6 cm³/mol. The standard InChI is InChI=1S/C12H26O2/c1-7-12(8-2,13-6)9-10-14-11(3,4)5/h7-10H2,1-6H3. The maximum Gasteiger partial charge on any atom is 0.0695 e. The summed E-state index contributed by atoms with van der Waals surface area (Å²) in [5.41, 5.74) is -0.0216. The van der Waals surface area contributed by atoms with Gasteiger partial charge < -0.3 is 9.47 Å². The van der Waals surface area contributed by atoms with E-state index in [2.05, 4.69) is 34.6 Å². The molecule has 0 aliphatic carbocycles. The van der Waals surface area contributed by atoms with Gasteiger partial charge in [-0.1, -0.05) is 13.8 Å². The van der Waals surface area contributed by atoms with Gasteiger partial charge in [-0.2, -0.15) is 0 Å². The molecule has 0 saturated heterocycles. The van der Waals surface area contributed by atoms with Crippen molar-refractivity contribution in [1.29, 1.82) is 0 Å². The molecule has 2 nitrogen and oxygen atoms in total. The third-order valence-electron chi connectivity index (χ3n) is 2.81. The van der Waals surface area contributed by atoms with Crippen molar-refractivity contribution in [3.05, 3.63) is 0 Å². The van der Waals surface area contributed by atoms with Gasteiger partial charge in [0.15, 0.2) is 0 Å². The molecule has 0 N–H and O–H groups in total. The monoisotopic (exact) mass is 202 g/mol. The van der Waals surface area contributed by atoms with E-state index in [9.17, 15) is 0 Å². The van der Waals surface area contributed by atoms with Gasteiger partial charge in [0.1, 0.15) is 0 Å². The molecule has 0 aliphatic rings. The highest BCUT2D eigenvalue weighted by molar-refractivity contribution is 4.77. The lowest BCUT2D eigenvalue weighted by Crippen LogP contribution is -2.33. The van der Waals surface area contributed by atoms with Crippen LogP contribution in [0.5, 0.6) is 0 Å². The molecular weight excluding hydrogens is 176 g/mol. The molecule has 0 heterocycles. The molecule has 0 bridgehead atoms. The molecule has 2 heteroatoms. The molecule has 0 aromatic carbocycles. The Morgan fingerprint density at radius 3 is 1.79 bits per heavy atom. The molecule has 0 spiro atoms. The van der Waals surface area contributed by atoms with Gasteiger partial charge >= 0.3 is 0 Å². The molecule has 86 valence electrons. The maximum absolute atomic E-state index is 5.71. The van der Waals surface area contributed by atoms with Crippen molar-refractivity contribution in [3.63, 3.8) is 0 Å². The van der Waals surface area contributed by atoms with Crippen molar-refractivity contribution in [3.8, 4) is 0 Å². The molecule has 0 atom stereocenters. The average Bonchev–Trinajstić information content (AvgIpc) is 2.11. The van der Waals surface area contributed by atoms with E-state index in [4.69, 9.17) is 9.47 Å². The molecule has 0 radical (unpaired) electrons. The van der Waals surface area contributed by atoms with Crippen LogP contribution in [-0.4, -0.2) is 24.9 Å². The van der Waals surface area contributed by atoms with Crippen LogP contribution in [-0.2, 0) is 9.47 Å². The van der Waals surface area contributed by atoms with Gasteiger partial charge in [0.25, 0.3) is 0 Å².